The molecule has 1 heterocycles. The highest BCUT2D eigenvalue weighted by Crippen LogP contribution is 2.35. The maximum Gasteiger partial charge on any atom is 0.356 e. The molecule has 0 bridgehead atoms. The lowest BCUT2D eigenvalue weighted by Crippen LogP contribution is -2.04. The summed E-state index contributed by atoms with van der Waals surface area (Å²) in [4.78, 5) is 16.0. The predicted molar refractivity (Wildman–Crippen MR) is 85.8 cm³/mol. The Hall–Kier alpha value is -2.56. The molecule has 3 rings (SSSR count). The third kappa shape index (κ3) is 3.62. The van der Waals surface area contributed by atoms with Crippen molar-refractivity contribution in [1.82, 2.24) is 4.98 Å². The van der Waals surface area contributed by atoms with E-state index in [0.717, 1.165) is 5.56 Å². The lowest BCUT2D eigenvalue weighted by Gasteiger charge is -2.12. The van der Waals surface area contributed by atoms with Gasteiger partial charge in [-0.1, -0.05) is 6.07 Å². The number of rotatable bonds is 6. The zero-order valence-corrected chi connectivity index (χ0v) is 13.2. The number of ether oxygens (including phenoxy) is 3. The summed E-state index contributed by atoms with van der Waals surface area (Å²) < 4.78 is 15.9. The molecule has 1 aliphatic carbocycles. The number of nitrogens with zero attached hydrogens (tertiary/aromatic N) is 1. The number of carbonyl (C=O) groups is 1. The van der Waals surface area contributed by atoms with Crippen molar-refractivity contribution in [1.29, 1.82) is 0 Å². The number of pyridine rings is 1. The van der Waals surface area contributed by atoms with Gasteiger partial charge in [-0.15, -0.1) is 0 Å². The van der Waals surface area contributed by atoms with Gasteiger partial charge in [0.15, 0.2) is 11.5 Å². The molecule has 1 saturated carbocycles. The van der Waals surface area contributed by atoms with E-state index in [-0.39, 0.29) is 5.69 Å². The number of hydrogen-bond donors (Lipinski definition) is 0. The smallest absolute Gasteiger partial charge is 0.356 e. The molecule has 5 heteroatoms. The average Bonchev–Trinajstić information content (AvgIpc) is 3.43. The van der Waals surface area contributed by atoms with Gasteiger partial charge in [0.25, 0.3) is 0 Å². The summed E-state index contributed by atoms with van der Waals surface area (Å²) in [7, 11) is 2.96. The molecule has 0 aliphatic heterocycles. The molecule has 1 fully saturated rings. The van der Waals surface area contributed by atoms with Crippen molar-refractivity contribution in [3.8, 4) is 22.8 Å². The lowest BCUT2D eigenvalue weighted by molar-refractivity contribution is 0.0594. The lowest BCUT2D eigenvalue weighted by atomic mass is 10.1. The van der Waals surface area contributed by atoms with E-state index >= 15 is 0 Å². The summed E-state index contributed by atoms with van der Waals surface area (Å²) in [5, 5.41) is 0. The molecule has 120 valence electrons. The molecule has 0 N–H and O–H groups in total. The Morgan fingerprint density at radius 2 is 2.00 bits per heavy atom. The Bertz CT molecular complexity index is 710. The van der Waals surface area contributed by atoms with Crippen LogP contribution in [0.3, 0.4) is 0 Å². The molecule has 0 radical (unpaired) electrons. The second-order valence-electron chi connectivity index (χ2n) is 5.52. The zero-order valence-electron chi connectivity index (χ0n) is 13.2. The van der Waals surface area contributed by atoms with Gasteiger partial charge in [0.2, 0.25) is 0 Å². The first-order chi connectivity index (χ1) is 11.2. The molecular formula is C18H19NO4. The Kier molecular flexibility index (Phi) is 4.46. The van der Waals surface area contributed by atoms with Gasteiger partial charge in [0, 0.05) is 5.56 Å². The van der Waals surface area contributed by atoms with Crippen LogP contribution in [0.1, 0.15) is 23.3 Å². The van der Waals surface area contributed by atoms with Crippen LogP contribution >= 0.6 is 0 Å². The molecule has 23 heavy (non-hydrogen) atoms. The molecule has 5 nitrogen and oxygen atoms in total. The maximum absolute atomic E-state index is 11.6. The second kappa shape index (κ2) is 6.69. The van der Waals surface area contributed by atoms with Crippen molar-refractivity contribution in [2.75, 3.05) is 20.8 Å². The van der Waals surface area contributed by atoms with E-state index in [0.29, 0.717) is 29.7 Å². The molecule has 0 atom stereocenters. The molecule has 0 spiro atoms. The molecule has 0 saturated heterocycles. The van der Waals surface area contributed by atoms with Crippen LogP contribution in [0.2, 0.25) is 0 Å². The largest absolute Gasteiger partial charge is 0.493 e. The second-order valence-corrected chi connectivity index (χ2v) is 5.52. The molecule has 0 unspecified atom stereocenters. The van der Waals surface area contributed by atoms with Crippen LogP contribution in [-0.2, 0) is 4.74 Å². The number of carbonyl (C=O) groups excluding carboxylic acids is 1. The van der Waals surface area contributed by atoms with Crippen LogP contribution in [0.4, 0.5) is 0 Å². The summed E-state index contributed by atoms with van der Waals surface area (Å²) >= 11 is 0. The highest BCUT2D eigenvalue weighted by molar-refractivity contribution is 5.87. The normalized spacial score (nSPS) is 13.5. The maximum atomic E-state index is 11.6. The van der Waals surface area contributed by atoms with Gasteiger partial charge >= 0.3 is 5.97 Å². The summed E-state index contributed by atoms with van der Waals surface area (Å²) in [6.07, 6.45) is 2.45. The van der Waals surface area contributed by atoms with Crippen molar-refractivity contribution in [3.05, 3.63) is 42.1 Å². The van der Waals surface area contributed by atoms with E-state index in [1.165, 1.54) is 20.0 Å². The first kappa shape index (κ1) is 15.3. The fraction of sp³-hybridized carbons (Fsp3) is 0.333. The number of aromatic nitrogens is 1. The van der Waals surface area contributed by atoms with Gasteiger partial charge < -0.3 is 14.2 Å². The van der Waals surface area contributed by atoms with Gasteiger partial charge in [0.05, 0.1) is 26.5 Å². The minimum absolute atomic E-state index is 0.279. The minimum Gasteiger partial charge on any atom is -0.493 e. The van der Waals surface area contributed by atoms with Crippen molar-refractivity contribution in [2.45, 2.75) is 12.8 Å². The first-order valence-electron chi connectivity index (χ1n) is 7.58. The number of hydrogen-bond acceptors (Lipinski definition) is 5. The Morgan fingerprint density at radius 1 is 1.17 bits per heavy atom. The van der Waals surface area contributed by atoms with Crippen LogP contribution < -0.4 is 9.47 Å². The number of esters is 1. The van der Waals surface area contributed by atoms with Crippen LogP contribution in [-0.4, -0.2) is 31.8 Å². The predicted octanol–water partition coefficient (Wildman–Crippen LogP) is 3.33. The van der Waals surface area contributed by atoms with Gasteiger partial charge in [0.1, 0.15) is 5.69 Å². The highest BCUT2D eigenvalue weighted by Gasteiger charge is 2.22. The van der Waals surface area contributed by atoms with Gasteiger partial charge in [-0.05, 0) is 49.1 Å². The fourth-order valence-corrected chi connectivity index (χ4v) is 2.25. The van der Waals surface area contributed by atoms with Crippen molar-refractivity contribution < 1.29 is 19.0 Å². The summed E-state index contributed by atoms with van der Waals surface area (Å²) in [5.41, 5.74) is 1.83. The molecular weight excluding hydrogens is 294 g/mol. The van der Waals surface area contributed by atoms with Gasteiger partial charge in [-0.3, -0.25) is 0 Å². The van der Waals surface area contributed by atoms with E-state index in [2.05, 4.69) is 4.98 Å². The zero-order chi connectivity index (χ0) is 16.2. The molecule has 1 aromatic heterocycles. The van der Waals surface area contributed by atoms with E-state index in [1.807, 2.05) is 24.3 Å². The standard InChI is InChI=1S/C18H19NO4/c1-21-16-9-8-13(10-17(16)23-11-12-6-7-12)14-4-3-5-15(19-14)18(20)22-2/h3-5,8-10,12H,6-7,11H2,1-2H3. The van der Waals surface area contributed by atoms with Crippen LogP contribution in [0.15, 0.2) is 36.4 Å². The van der Waals surface area contributed by atoms with Crippen molar-refractivity contribution in [2.24, 2.45) is 5.92 Å². The first-order valence-corrected chi connectivity index (χ1v) is 7.58. The molecule has 2 aromatic rings. The van der Waals surface area contributed by atoms with E-state index in [1.54, 1.807) is 19.2 Å². The summed E-state index contributed by atoms with van der Waals surface area (Å²) in [6.45, 7) is 0.704. The topological polar surface area (TPSA) is 57.7 Å². The highest BCUT2D eigenvalue weighted by atomic mass is 16.5. The van der Waals surface area contributed by atoms with Crippen LogP contribution in [0, 0.1) is 5.92 Å². The SMILES string of the molecule is COC(=O)c1cccc(-c2ccc(OC)c(OCC3CC3)c2)n1. The van der Waals surface area contributed by atoms with Crippen LogP contribution in [0.5, 0.6) is 11.5 Å². The third-order valence-corrected chi connectivity index (χ3v) is 3.77. The Labute approximate surface area is 135 Å². The van der Waals surface area contributed by atoms with Crippen LogP contribution in [0.25, 0.3) is 11.3 Å². The minimum atomic E-state index is -0.453. The number of benzene rings is 1. The van der Waals surface area contributed by atoms with Crippen molar-refractivity contribution >= 4 is 5.97 Å². The monoisotopic (exact) mass is 313 g/mol. The Morgan fingerprint density at radius 3 is 2.70 bits per heavy atom. The van der Waals surface area contributed by atoms with Gasteiger partial charge in [-0.2, -0.15) is 0 Å². The molecule has 0 amide bonds. The van der Waals surface area contributed by atoms with E-state index in [4.69, 9.17) is 14.2 Å². The van der Waals surface area contributed by atoms with Gasteiger partial charge in [-0.25, -0.2) is 9.78 Å². The average molecular weight is 313 g/mol. The van der Waals surface area contributed by atoms with E-state index < -0.39 is 5.97 Å². The summed E-state index contributed by atoms with van der Waals surface area (Å²) in [6, 6.07) is 10.9. The quantitative estimate of drug-likeness (QED) is 0.766. The van der Waals surface area contributed by atoms with Crippen molar-refractivity contribution in [3.63, 3.8) is 0 Å². The molecule has 1 aromatic carbocycles. The Balaban J connectivity index is 1.89. The third-order valence-electron chi connectivity index (χ3n) is 3.77. The fourth-order valence-electron chi connectivity index (χ4n) is 2.25. The molecule has 1 aliphatic rings. The number of methoxy groups -OCH3 is 2. The van der Waals surface area contributed by atoms with E-state index in [9.17, 15) is 4.79 Å². The summed E-state index contributed by atoms with van der Waals surface area (Å²) in [5.74, 6) is 1.59.